The van der Waals surface area contributed by atoms with E-state index in [4.69, 9.17) is 9.47 Å². The third-order valence-corrected chi connectivity index (χ3v) is 4.26. The van der Waals surface area contributed by atoms with Crippen molar-refractivity contribution in [2.24, 2.45) is 0 Å². The monoisotopic (exact) mass is 404 g/mol. The molecule has 3 rings (SSSR count). The minimum atomic E-state index is -0.263. The molecule has 154 valence electrons. The minimum Gasteiger partial charge on any atom is -0.493 e. The van der Waals surface area contributed by atoms with E-state index >= 15 is 0 Å². The predicted molar refractivity (Wildman–Crippen MR) is 118 cm³/mol. The summed E-state index contributed by atoms with van der Waals surface area (Å²) in [6.07, 6.45) is 0. The highest BCUT2D eigenvalue weighted by molar-refractivity contribution is 6.07. The summed E-state index contributed by atoms with van der Waals surface area (Å²) in [5.41, 5.74) is 2.14. The van der Waals surface area contributed by atoms with E-state index in [1.54, 1.807) is 60.7 Å². The Hall–Kier alpha value is -3.80. The summed E-state index contributed by atoms with van der Waals surface area (Å²) in [5.74, 6) is 0.548. The second-order valence-electron chi connectivity index (χ2n) is 6.34. The molecule has 3 aromatic carbocycles. The Morgan fingerprint density at radius 1 is 0.633 bits per heavy atom. The van der Waals surface area contributed by atoms with Crippen LogP contribution in [0.25, 0.3) is 0 Å². The quantitative estimate of drug-likeness (QED) is 0.555. The third kappa shape index (κ3) is 5.17. The van der Waals surface area contributed by atoms with Crippen molar-refractivity contribution in [1.29, 1.82) is 0 Å². The molecule has 0 radical (unpaired) electrons. The molecule has 30 heavy (non-hydrogen) atoms. The average molecular weight is 404 g/mol. The van der Waals surface area contributed by atoms with Gasteiger partial charge in [0.2, 0.25) is 0 Å². The van der Waals surface area contributed by atoms with Crippen molar-refractivity contribution in [3.63, 3.8) is 0 Å². The molecule has 0 saturated carbocycles. The highest BCUT2D eigenvalue weighted by atomic mass is 16.5. The molecule has 3 aromatic rings. The van der Waals surface area contributed by atoms with Gasteiger partial charge >= 0.3 is 0 Å². The van der Waals surface area contributed by atoms with Gasteiger partial charge in [-0.25, -0.2) is 0 Å². The Kier molecular flexibility index (Phi) is 7.05. The van der Waals surface area contributed by atoms with E-state index in [0.717, 1.165) is 0 Å². The summed E-state index contributed by atoms with van der Waals surface area (Å²) in [7, 11) is 0. The summed E-state index contributed by atoms with van der Waals surface area (Å²) in [6, 6.07) is 21.1. The highest BCUT2D eigenvalue weighted by Crippen LogP contribution is 2.22. The normalized spacial score (nSPS) is 10.2. The van der Waals surface area contributed by atoms with E-state index in [-0.39, 0.29) is 11.8 Å². The first kappa shape index (κ1) is 20.9. The zero-order chi connectivity index (χ0) is 21.3. The topological polar surface area (TPSA) is 76.7 Å². The summed E-state index contributed by atoms with van der Waals surface area (Å²) < 4.78 is 11.0. The van der Waals surface area contributed by atoms with Crippen molar-refractivity contribution < 1.29 is 19.1 Å². The number of anilines is 2. The number of ether oxygens (including phenoxy) is 2. The maximum Gasteiger partial charge on any atom is 0.259 e. The summed E-state index contributed by atoms with van der Waals surface area (Å²) in [5, 5.41) is 5.69. The zero-order valence-electron chi connectivity index (χ0n) is 17.0. The van der Waals surface area contributed by atoms with Crippen molar-refractivity contribution in [2.75, 3.05) is 23.8 Å². The van der Waals surface area contributed by atoms with Gasteiger partial charge in [-0.05, 0) is 62.4 Å². The molecular formula is C24H24N2O4. The Labute approximate surface area is 175 Å². The van der Waals surface area contributed by atoms with Gasteiger partial charge in [0.1, 0.15) is 11.5 Å². The molecule has 0 spiro atoms. The number of benzene rings is 3. The SMILES string of the molecule is CCOc1ccccc1C(=O)Nc1ccc(NC(=O)c2ccccc2OCC)cc1. The van der Waals surface area contributed by atoms with E-state index in [1.807, 2.05) is 26.0 Å². The maximum atomic E-state index is 12.6. The largest absolute Gasteiger partial charge is 0.493 e. The third-order valence-electron chi connectivity index (χ3n) is 4.26. The fourth-order valence-electron chi connectivity index (χ4n) is 2.90. The van der Waals surface area contributed by atoms with E-state index in [2.05, 4.69) is 10.6 Å². The molecule has 0 bridgehead atoms. The molecule has 2 N–H and O–H groups in total. The Bertz CT molecular complexity index is 933. The van der Waals surface area contributed by atoms with Gasteiger partial charge in [0, 0.05) is 11.4 Å². The smallest absolute Gasteiger partial charge is 0.259 e. The lowest BCUT2D eigenvalue weighted by molar-refractivity contribution is 0.101. The van der Waals surface area contributed by atoms with Crippen molar-refractivity contribution in [2.45, 2.75) is 13.8 Å². The van der Waals surface area contributed by atoms with Crippen LogP contribution in [0.2, 0.25) is 0 Å². The number of amides is 2. The molecule has 0 saturated heterocycles. The molecule has 0 heterocycles. The number of para-hydroxylation sites is 2. The number of carbonyl (C=O) groups excluding carboxylic acids is 2. The summed E-state index contributed by atoms with van der Waals surface area (Å²) in [4.78, 5) is 25.2. The number of hydrogen-bond donors (Lipinski definition) is 2. The van der Waals surface area contributed by atoms with Crippen LogP contribution in [0.3, 0.4) is 0 Å². The van der Waals surface area contributed by atoms with Crippen molar-refractivity contribution in [1.82, 2.24) is 0 Å². The van der Waals surface area contributed by atoms with Gasteiger partial charge < -0.3 is 20.1 Å². The van der Waals surface area contributed by atoms with Crippen molar-refractivity contribution >= 4 is 23.2 Å². The van der Waals surface area contributed by atoms with Crippen LogP contribution in [0.4, 0.5) is 11.4 Å². The lowest BCUT2D eigenvalue weighted by Gasteiger charge is -2.12. The molecule has 0 unspecified atom stereocenters. The number of carbonyl (C=O) groups is 2. The number of hydrogen-bond acceptors (Lipinski definition) is 4. The Morgan fingerprint density at radius 3 is 1.37 bits per heavy atom. The fraction of sp³-hybridized carbons (Fsp3) is 0.167. The van der Waals surface area contributed by atoms with Crippen LogP contribution < -0.4 is 20.1 Å². The first-order valence-corrected chi connectivity index (χ1v) is 9.78. The first-order chi connectivity index (χ1) is 14.6. The molecule has 0 atom stereocenters. The molecule has 6 heteroatoms. The van der Waals surface area contributed by atoms with Crippen molar-refractivity contribution in [3.8, 4) is 11.5 Å². The molecular weight excluding hydrogens is 380 g/mol. The van der Waals surface area contributed by atoms with Crippen LogP contribution in [0, 0.1) is 0 Å². The van der Waals surface area contributed by atoms with Gasteiger partial charge in [0.05, 0.1) is 24.3 Å². The van der Waals surface area contributed by atoms with Gasteiger partial charge in [-0.3, -0.25) is 9.59 Å². The Balaban J connectivity index is 1.67. The first-order valence-electron chi connectivity index (χ1n) is 9.78. The number of rotatable bonds is 8. The summed E-state index contributed by atoms with van der Waals surface area (Å²) in [6.45, 7) is 4.69. The van der Waals surface area contributed by atoms with Crippen LogP contribution in [-0.2, 0) is 0 Å². The zero-order valence-corrected chi connectivity index (χ0v) is 17.0. The second-order valence-corrected chi connectivity index (χ2v) is 6.34. The van der Waals surface area contributed by atoms with Gasteiger partial charge in [0.15, 0.2) is 0 Å². The van der Waals surface area contributed by atoms with Gasteiger partial charge in [-0.2, -0.15) is 0 Å². The minimum absolute atomic E-state index is 0.263. The maximum absolute atomic E-state index is 12.6. The van der Waals surface area contributed by atoms with Crippen LogP contribution >= 0.6 is 0 Å². The second kappa shape index (κ2) is 10.1. The van der Waals surface area contributed by atoms with E-state index < -0.39 is 0 Å². The molecule has 0 aromatic heterocycles. The molecule has 0 aliphatic rings. The van der Waals surface area contributed by atoms with Gasteiger partial charge in [0.25, 0.3) is 11.8 Å². The van der Waals surface area contributed by atoms with Crippen LogP contribution in [0.1, 0.15) is 34.6 Å². The van der Waals surface area contributed by atoms with E-state index in [0.29, 0.717) is 47.2 Å². The van der Waals surface area contributed by atoms with Crippen molar-refractivity contribution in [3.05, 3.63) is 83.9 Å². The standard InChI is InChI=1S/C24H24N2O4/c1-3-29-21-11-7-5-9-19(21)23(27)25-17-13-15-18(16-14-17)26-24(28)20-10-6-8-12-22(20)30-4-2/h5-16H,3-4H2,1-2H3,(H,25,27)(H,26,28). The fourth-order valence-corrected chi connectivity index (χ4v) is 2.90. The number of nitrogens with one attached hydrogen (secondary N) is 2. The Morgan fingerprint density at radius 2 is 1.00 bits per heavy atom. The summed E-state index contributed by atoms with van der Waals surface area (Å²) >= 11 is 0. The molecule has 0 aliphatic carbocycles. The van der Waals surface area contributed by atoms with Crippen LogP contribution in [0.5, 0.6) is 11.5 Å². The lowest BCUT2D eigenvalue weighted by atomic mass is 10.1. The molecule has 0 aliphatic heterocycles. The average Bonchev–Trinajstić information content (AvgIpc) is 2.76. The molecule has 0 fully saturated rings. The predicted octanol–water partition coefficient (Wildman–Crippen LogP) is 4.99. The van der Waals surface area contributed by atoms with E-state index in [9.17, 15) is 9.59 Å². The molecule has 2 amide bonds. The van der Waals surface area contributed by atoms with Gasteiger partial charge in [-0.1, -0.05) is 24.3 Å². The highest BCUT2D eigenvalue weighted by Gasteiger charge is 2.14. The van der Waals surface area contributed by atoms with Crippen LogP contribution in [0.15, 0.2) is 72.8 Å². The molecule has 6 nitrogen and oxygen atoms in total. The van der Waals surface area contributed by atoms with Gasteiger partial charge in [-0.15, -0.1) is 0 Å². The lowest BCUT2D eigenvalue weighted by Crippen LogP contribution is -2.15. The van der Waals surface area contributed by atoms with Crippen LogP contribution in [-0.4, -0.2) is 25.0 Å². The van der Waals surface area contributed by atoms with E-state index in [1.165, 1.54) is 0 Å².